The lowest BCUT2D eigenvalue weighted by Gasteiger charge is -2.24. The summed E-state index contributed by atoms with van der Waals surface area (Å²) >= 11 is 0. The largest absolute Gasteiger partial charge is 0.416 e. The number of hydrogen-bond acceptors (Lipinski definition) is 2. The minimum atomic E-state index is -4.65. The zero-order chi connectivity index (χ0) is 14.6. The van der Waals surface area contributed by atoms with Gasteiger partial charge < -0.3 is 10.4 Å². The molecule has 0 saturated heterocycles. The molecule has 0 heterocycles. The quantitative estimate of drug-likeness (QED) is 0.811. The predicted octanol–water partition coefficient (Wildman–Crippen LogP) is 3.27. The lowest BCUT2D eigenvalue weighted by molar-refractivity contribution is -0.138. The van der Waals surface area contributed by atoms with Gasteiger partial charge in [0.15, 0.2) is 0 Å². The third kappa shape index (κ3) is 4.18. The van der Waals surface area contributed by atoms with Gasteiger partial charge in [-0.3, -0.25) is 0 Å². The minimum Gasteiger partial charge on any atom is -0.394 e. The van der Waals surface area contributed by atoms with Gasteiger partial charge in [-0.1, -0.05) is 13.0 Å². The molecule has 2 atom stereocenters. The number of aliphatic hydroxyl groups excluding tert-OH is 1. The fourth-order valence-corrected chi connectivity index (χ4v) is 1.78. The van der Waals surface area contributed by atoms with Gasteiger partial charge >= 0.3 is 6.18 Å². The third-order valence-electron chi connectivity index (χ3n) is 2.98. The van der Waals surface area contributed by atoms with E-state index >= 15 is 0 Å². The molecular formula is C13H17F4NO. The number of rotatable bonds is 5. The van der Waals surface area contributed by atoms with E-state index in [1.165, 1.54) is 0 Å². The maximum absolute atomic E-state index is 13.0. The second-order valence-electron chi connectivity index (χ2n) is 4.44. The van der Waals surface area contributed by atoms with E-state index in [2.05, 4.69) is 5.32 Å². The van der Waals surface area contributed by atoms with E-state index in [4.69, 9.17) is 0 Å². The number of alkyl halides is 3. The summed E-state index contributed by atoms with van der Waals surface area (Å²) in [7, 11) is 0. The lowest BCUT2D eigenvalue weighted by Crippen LogP contribution is -2.33. The molecule has 0 spiro atoms. The fourth-order valence-electron chi connectivity index (χ4n) is 1.78. The molecule has 1 aromatic carbocycles. The molecule has 108 valence electrons. The van der Waals surface area contributed by atoms with Crippen LogP contribution in [0.25, 0.3) is 0 Å². The Morgan fingerprint density at radius 3 is 2.42 bits per heavy atom. The van der Waals surface area contributed by atoms with Gasteiger partial charge in [0.2, 0.25) is 0 Å². The maximum Gasteiger partial charge on any atom is 0.416 e. The molecule has 6 heteroatoms. The Kier molecular flexibility index (Phi) is 5.31. The molecule has 2 N–H and O–H groups in total. The monoisotopic (exact) mass is 279 g/mol. The van der Waals surface area contributed by atoms with Gasteiger partial charge in [-0.15, -0.1) is 0 Å². The summed E-state index contributed by atoms with van der Waals surface area (Å²) in [5.74, 6) is -0.948. The normalized spacial score (nSPS) is 15.3. The van der Waals surface area contributed by atoms with Crippen LogP contribution in [0.4, 0.5) is 17.6 Å². The number of halogens is 4. The minimum absolute atomic E-state index is 0.0525. The topological polar surface area (TPSA) is 32.3 Å². The molecule has 0 saturated carbocycles. The second-order valence-corrected chi connectivity index (χ2v) is 4.44. The first kappa shape index (κ1) is 15.9. The van der Waals surface area contributed by atoms with E-state index in [-0.39, 0.29) is 11.6 Å². The molecule has 2 nitrogen and oxygen atoms in total. The van der Waals surface area contributed by atoms with Gasteiger partial charge in [-0.2, -0.15) is 13.2 Å². The molecule has 0 aromatic heterocycles. The number of hydrogen-bond donors (Lipinski definition) is 2. The first-order valence-corrected chi connectivity index (χ1v) is 6.03. The second kappa shape index (κ2) is 6.34. The highest BCUT2D eigenvalue weighted by molar-refractivity contribution is 5.33. The van der Waals surface area contributed by atoms with E-state index < -0.39 is 30.2 Å². The standard InChI is InChI=1S/C13H17F4NO/c1-3-8(2)18-12(7-19)10-5-4-9(14)6-11(10)13(15,16)17/h4-6,8,12,18-19H,3,7H2,1-2H3. The summed E-state index contributed by atoms with van der Waals surface area (Å²) in [5.41, 5.74) is -1.20. The summed E-state index contributed by atoms with van der Waals surface area (Å²) < 4.78 is 51.6. The molecule has 0 aliphatic rings. The van der Waals surface area contributed by atoms with Crippen LogP contribution < -0.4 is 5.32 Å². The van der Waals surface area contributed by atoms with Gasteiger partial charge in [0.05, 0.1) is 18.2 Å². The smallest absolute Gasteiger partial charge is 0.394 e. The summed E-state index contributed by atoms with van der Waals surface area (Å²) in [5, 5.41) is 12.2. The van der Waals surface area contributed by atoms with Gasteiger partial charge in [0.1, 0.15) is 5.82 Å². The molecule has 0 amide bonds. The van der Waals surface area contributed by atoms with Gasteiger partial charge in [0.25, 0.3) is 0 Å². The van der Waals surface area contributed by atoms with Crippen LogP contribution in [0.1, 0.15) is 37.4 Å². The Morgan fingerprint density at radius 2 is 1.95 bits per heavy atom. The number of aliphatic hydroxyl groups is 1. The van der Waals surface area contributed by atoms with Crippen LogP contribution >= 0.6 is 0 Å². The van der Waals surface area contributed by atoms with Crippen molar-refractivity contribution in [2.45, 2.75) is 38.5 Å². The Labute approximate surface area is 109 Å². The Morgan fingerprint density at radius 1 is 1.32 bits per heavy atom. The zero-order valence-electron chi connectivity index (χ0n) is 10.8. The lowest BCUT2D eigenvalue weighted by atomic mass is 9.99. The molecule has 0 aliphatic carbocycles. The first-order valence-electron chi connectivity index (χ1n) is 6.03. The SMILES string of the molecule is CCC(C)NC(CO)c1ccc(F)cc1C(F)(F)F. The molecule has 0 aliphatic heterocycles. The highest BCUT2D eigenvalue weighted by Gasteiger charge is 2.35. The summed E-state index contributed by atoms with van der Waals surface area (Å²) in [6.07, 6.45) is -3.94. The van der Waals surface area contributed by atoms with Crippen LogP contribution in [0.15, 0.2) is 18.2 Å². The Bertz CT molecular complexity index is 420. The average Bonchev–Trinajstić information content (AvgIpc) is 2.34. The van der Waals surface area contributed by atoms with E-state index in [1.54, 1.807) is 6.92 Å². The van der Waals surface area contributed by atoms with E-state index in [0.29, 0.717) is 12.5 Å². The molecule has 1 aromatic rings. The van der Waals surface area contributed by atoms with Crippen LogP contribution in [0.2, 0.25) is 0 Å². The molecular weight excluding hydrogens is 262 g/mol. The molecule has 0 radical (unpaired) electrons. The van der Waals surface area contributed by atoms with E-state index in [0.717, 1.165) is 12.1 Å². The van der Waals surface area contributed by atoms with Gasteiger partial charge in [-0.05, 0) is 31.0 Å². The van der Waals surface area contributed by atoms with Crippen LogP contribution in [-0.4, -0.2) is 17.8 Å². The maximum atomic E-state index is 13.0. The van der Waals surface area contributed by atoms with Crippen molar-refractivity contribution in [2.24, 2.45) is 0 Å². The highest BCUT2D eigenvalue weighted by Crippen LogP contribution is 2.35. The first-order chi connectivity index (χ1) is 8.79. The van der Waals surface area contributed by atoms with Crippen LogP contribution in [0.3, 0.4) is 0 Å². The molecule has 0 bridgehead atoms. The Balaban J connectivity index is 3.16. The third-order valence-corrected chi connectivity index (χ3v) is 2.98. The van der Waals surface area contributed by atoms with E-state index in [1.807, 2.05) is 6.92 Å². The van der Waals surface area contributed by atoms with Crippen molar-refractivity contribution < 1.29 is 22.7 Å². The highest BCUT2D eigenvalue weighted by atomic mass is 19.4. The van der Waals surface area contributed by atoms with Crippen LogP contribution in [0.5, 0.6) is 0 Å². The average molecular weight is 279 g/mol. The zero-order valence-corrected chi connectivity index (χ0v) is 10.8. The van der Waals surface area contributed by atoms with Crippen molar-refractivity contribution in [3.05, 3.63) is 35.1 Å². The Hall–Kier alpha value is -1.14. The molecule has 0 fully saturated rings. The fraction of sp³-hybridized carbons (Fsp3) is 0.538. The molecule has 1 rings (SSSR count). The van der Waals surface area contributed by atoms with Crippen molar-refractivity contribution in [1.82, 2.24) is 5.32 Å². The molecule has 2 unspecified atom stereocenters. The van der Waals surface area contributed by atoms with Crippen molar-refractivity contribution in [1.29, 1.82) is 0 Å². The number of benzene rings is 1. The van der Waals surface area contributed by atoms with Crippen molar-refractivity contribution in [3.8, 4) is 0 Å². The molecule has 19 heavy (non-hydrogen) atoms. The predicted molar refractivity (Wildman–Crippen MR) is 64.1 cm³/mol. The number of nitrogens with one attached hydrogen (secondary N) is 1. The van der Waals surface area contributed by atoms with Crippen molar-refractivity contribution >= 4 is 0 Å². The summed E-state index contributed by atoms with van der Waals surface area (Å²) in [6, 6.07) is 1.56. The summed E-state index contributed by atoms with van der Waals surface area (Å²) in [6.45, 7) is 3.19. The van der Waals surface area contributed by atoms with Gasteiger partial charge in [0, 0.05) is 6.04 Å². The van der Waals surface area contributed by atoms with Crippen LogP contribution in [-0.2, 0) is 6.18 Å². The van der Waals surface area contributed by atoms with E-state index in [9.17, 15) is 22.7 Å². The van der Waals surface area contributed by atoms with Gasteiger partial charge in [-0.25, -0.2) is 4.39 Å². The summed E-state index contributed by atoms with van der Waals surface area (Å²) in [4.78, 5) is 0. The van der Waals surface area contributed by atoms with Crippen LogP contribution in [0, 0.1) is 5.82 Å². The van der Waals surface area contributed by atoms with Crippen molar-refractivity contribution in [3.63, 3.8) is 0 Å². The van der Waals surface area contributed by atoms with Crippen molar-refractivity contribution in [2.75, 3.05) is 6.61 Å².